The fourth-order valence-corrected chi connectivity index (χ4v) is 3.11. The molecule has 0 unspecified atom stereocenters. The number of carbonyl (C=O) groups excluding carboxylic acids is 2. The molecule has 0 saturated carbocycles. The standard InChI is InChI=1S/C19H27NO3/c1-5-15-12-17(21)13-16(11-14-9-7-6-8-10-14)20(15)18(22)23-19(2,3)4/h6-10,15-16H,5,11-13H2,1-4H3/t15-,16+/m0/s1. The molecule has 0 aliphatic carbocycles. The highest BCUT2D eigenvalue weighted by molar-refractivity contribution is 5.83. The van der Waals surface area contributed by atoms with Gasteiger partial charge in [-0.25, -0.2) is 4.79 Å². The molecule has 2 rings (SSSR count). The fourth-order valence-electron chi connectivity index (χ4n) is 3.11. The van der Waals surface area contributed by atoms with Crippen molar-refractivity contribution in [1.82, 2.24) is 4.90 Å². The van der Waals surface area contributed by atoms with Gasteiger partial charge in [0.2, 0.25) is 0 Å². The molecule has 0 aromatic heterocycles. The Hall–Kier alpha value is -1.84. The molecule has 0 spiro atoms. The summed E-state index contributed by atoms with van der Waals surface area (Å²) in [6.07, 6.45) is 1.97. The molecule has 1 aromatic carbocycles. The van der Waals surface area contributed by atoms with E-state index in [0.29, 0.717) is 19.3 Å². The molecule has 1 amide bonds. The molecule has 1 heterocycles. The van der Waals surface area contributed by atoms with Crippen molar-refractivity contribution in [2.75, 3.05) is 0 Å². The maximum absolute atomic E-state index is 12.7. The number of Topliss-reactive ketones (excluding diaryl/α,β-unsaturated/α-hetero) is 1. The van der Waals surface area contributed by atoms with Gasteiger partial charge >= 0.3 is 6.09 Å². The molecule has 0 bridgehead atoms. The van der Waals surface area contributed by atoms with Crippen LogP contribution in [0.5, 0.6) is 0 Å². The summed E-state index contributed by atoms with van der Waals surface area (Å²) in [5.74, 6) is 0.234. The van der Waals surface area contributed by atoms with E-state index in [4.69, 9.17) is 4.74 Å². The number of piperidine rings is 1. The Morgan fingerprint density at radius 1 is 1.17 bits per heavy atom. The van der Waals surface area contributed by atoms with E-state index < -0.39 is 5.60 Å². The van der Waals surface area contributed by atoms with Crippen LogP contribution in [0.2, 0.25) is 0 Å². The molecule has 4 heteroatoms. The Morgan fingerprint density at radius 3 is 2.35 bits per heavy atom. The number of benzene rings is 1. The Morgan fingerprint density at radius 2 is 1.78 bits per heavy atom. The third kappa shape index (κ3) is 4.81. The van der Waals surface area contributed by atoms with Gasteiger partial charge in [0.25, 0.3) is 0 Å². The van der Waals surface area contributed by atoms with Crippen LogP contribution in [0.1, 0.15) is 52.5 Å². The largest absolute Gasteiger partial charge is 0.444 e. The minimum Gasteiger partial charge on any atom is -0.444 e. The van der Waals surface area contributed by atoms with Crippen LogP contribution < -0.4 is 0 Å². The van der Waals surface area contributed by atoms with Crippen LogP contribution in [0.3, 0.4) is 0 Å². The van der Waals surface area contributed by atoms with Crippen LogP contribution in [0.25, 0.3) is 0 Å². The molecular weight excluding hydrogens is 290 g/mol. The number of carbonyl (C=O) groups is 2. The SMILES string of the molecule is CC[C@H]1CC(=O)C[C@@H](Cc2ccccc2)N1C(=O)OC(C)(C)C. The number of rotatable bonds is 3. The van der Waals surface area contributed by atoms with Gasteiger partial charge in [-0.2, -0.15) is 0 Å². The maximum atomic E-state index is 12.7. The molecule has 1 aliphatic heterocycles. The van der Waals surface area contributed by atoms with Gasteiger partial charge in [-0.05, 0) is 39.2 Å². The third-order valence-electron chi connectivity index (χ3n) is 4.10. The summed E-state index contributed by atoms with van der Waals surface area (Å²) in [5.41, 5.74) is 0.601. The van der Waals surface area contributed by atoms with Gasteiger partial charge in [0, 0.05) is 24.9 Å². The minimum absolute atomic E-state index is 0.0696. The normalized spacial score (nSPS) is 22.1. The Labute approximate surface area is 138 Å². The number of nitrogens with zero attached hydrogens (tertiary/aromatic N) is 1. The predicted molar refractivity (Wildman–Crippen MR) is 90.3 cm³/mol. The van der Waals surface area contributed by atoms with Gasteiger partial charge in [-0.15, -0.1) is 0 Å². The topological polar surface area (TPSA) is 46.6 Å². The van der Waals surface area contributed by atoms with Crippen LogP contribution in [0.15, 0.2) is 30.3 Å². The van der Waals surface area contributed by atoms with Crippen molar-refractivity contribution in [2.45, 2.75) is 71.1 Å². The van der Waals surface area contributed by atoms with Crippen LogP contribution in [-0.4, -0.2) is 34.5 Å². The average Bonchev–Trinajstić information content (AvgIpc) is 2.45. The van der Waals surface area contributed by atoms with Crippen molar-refractivity contribution >= 4 is 11.9 Å². The quantitative estimate of drug-likeness (QED) is 0.847. The number of ether oxygens (including phenoxy) is 1. The van der Waals surface area contributed by atoms with Crippen molar-refractivity contribution in [1.29, 1.82) is 0 Å². The van der Waals surface area contributed by atoms with E-state index in [-0.39, 0.29) is 24.0 Å². The maximum Gasteiger partial charge on any atom is 0.410 e. The second-order valence-corrected chi connectivity index (χ2v) is 7.24. The first-order chi connectivity index (χ1) is 10.8. The minimum atomic E-state index is -0.534. The fraction of sp³-hybridized carbons (Fsp3) is 0.579. The van der Waals surface area contributed by atoms with Crippen LogP contribution >= 0.6 is 0 Å². The molecule has 0 N–H and O–H groups in total. The van der Waals surface area contributed by atoms with E-state index in [0.717, 1.165) is 12.0 Å². The summed E-state index contributed by atoms with van der Waals surface area (Å²) < 4.78 is 5.59. The van der Waals surface area contributed by atoms with Crippen molar-refractivity contribution in [3.8, 4) is 0 Å². The summed E-state index contributed by atoms with van der Waals surface area (Å²) in [6.45, 7) is 7.62. The molecular formula is C19H27NO3. The Kier molecular flexibility index (Phi) is 5.45. The van der Waals surface area contributed by atoms with Crippen molar-refractivity contribution in [2.24, 2.45) is 0 Å². The lowest BCUT2D eigenvalue weighted by Gasteiger charge is -2.41. The molecule has 1 fully saturated rings. The number of likely N-dealkylation sites (tertiary alicyclic amines) is 1. The van der Waals surface area contributed by atoms with Crippen LogP contribution in [0.4, 0.5) is 4.79 Å². The summed E-state index contributed by atoms with van der Waals surface area (Å²) in [7, 11) is 0. The summed E-state index contributed by atoms with van der Waals surface area (Å²) in [6, 6.07) is 9.80. The second-order valence-electron chi connectivity index (χ2n) is 7.24. The average molecular weight is 317 g/mol. The highest BCUT2D eigenvalue weighted by atomic mass is 16.6. The lowest BCUT2D eigenvalue weighted by atomic mass is 9.89. The van der Waals surface area contributed by atoms with Crippen molar-refractivity contribution < 1.29 is 14.3 Å². The van der Waals surface area contributed by atoms with Gasteiger partial charge in [0.05, 0.1) is 0 Å². The molecule has 0 radical (unpaired) electrons. The van der Waals surface area contributed by atoms with E-state index in [2.05, 4.69) is 0 Å². The molecule has 4 nitrogen and oxygen atoms in total. The van der Waals surface area contributed by atoms with Gasteiger partial charge in [-0.3, -0.25) is 4.79 Å². The molecule has 23 heavy (non-hydrogen) atoms. The van der Waals surface area contributed by atoms with E-state index in [1.807, 2.05) is 58.0 Å². The van der Waals surface area contributed by atoms with Gasteiger partial charge in [0.1, 0.15) is 11.4 Å². The summed E-state index contributed by atoms with van der Waals surface area (Å²) in [4.78, 5) is 26.6. The number of amides is 1. The highest BCUT2D eigenvalue weighted by Crippen LogP contribution is 2.27. The summed E-state index contributed by atoms with van der Waals surface area (Å²) in [5, 5.41) is 0. The number of hydrogen-bond acceptors (Lipinski definition) is 3. The molecule has 1 aromatic rings. The van der Waals surface area contributed by atoms with E-state index >= 15 is 0 Å². The van der Waals surface area contributed by atoms with Gasteiger partial charge in [-0.1, -0.05) is 37.3 Å². The van der Waals surface area contributed by atoms with Gasteiger partial charge in [0.15, 0.2) is 0 Å². The van der Waals surface area contributed by atoms with Crippen LogP contribution in [0, 0.1) is 0 Å². The van der Waals surface area contributed by atoms with Crippen LogP contribution in [-0.2, 0) is 16.0 Å². The summed E-state index contributed by atoms with van der Waals surface area (Å²) >= 11 is 0. The molecule has 126 valence electrons. The zero-order chi connectivity index (χ0) is 17.0. The van der Waals surface area contributed by atoms with Crippen molar-refractivity contribution in [3.63, 3.8) is 0 Å². The van der Waals surface area contributed by atoms with E-state index in [1.54, 1.807) is 4.90 Å². The predicted octanol–water partition coefficient (Wildman–Crippen LogP) is 3.98. The Bertz CT molecular complexity index is 547. The molecule has 1 aliphatic rings. The molecule has 2 atom stereocenters. The van der Waals surface area contributed by atoms with E-state index in [9.17, 15) is 9.59 Å². The second kappa shape index (κ2) is 7.16. The van der Waals surface area contributed by atoms with Gasteiger partial charge < -0.3 is 9.64 Å². The first-order valence-electron chi connectivity index (χ1n) is 8.37. The zero-order valence-corrected chi connectivity index (χ0v) is 14.5. The lowest BCUT2D eigenvalue weighted by Crippen LogP contribution is -2.54. The first-order valence-corrected chi connectivity index (χ1v) is 8.37. The number of ketones is 1. The highest BCUT2D eigenvalue weighted by Gasteiger charge is 2.39. The smallest absolute Gasteiger partial charge is 0.410 e. The lowest BCUT2D eigenvalue weighted by molar-refractivity contribution is -0.125. The Balaban J connectivity index is 2.23. The number of hydrogen-bond donors (Lipinski definition) is 0. The molecule has 1 saturated heterocycles. The first kappa shape index (κ1) is 17.5. The van der Waals surface area contributed by atoms with Crippen molar-refractivity contribution in [3.05, 3.63) is 35.9 Å². The zero-order valence-electron chi connectivity index (χ0n) is 14.5. The third-order valence-corrected chi connectivity index (χ3v) is 4.10. The monoisotopic (exact) mass is 317 g/mol. The van der Waals surface area contributed by atoms with E-state index in [1.165, 1.54) is 0 Å².